The Morgan fingerprint density at radius 1 is 1.15 bits per heavy atom. The Labute approximate surface area is 128 Å². The highest BCUT2D eigenvalue weighted by molar-refractivity contribution is 9.10. The number of nitrogens with one attached hydrogen (secondary N) is 1. The molecule has 0 radical (unpaired) electrons. The maximum Gasteiger partial charge on any atom is 0.101 e. The SMILES string of the molecule is CC(C)(CNc1ccc(Br)cc1C#N)c1ccccc1. The molecule has 0 aromatic heterocycles. The van der Waals surface area contributed by atoms with Gasteiger partial charge in [0.15, 0.2) is 0 Å². The summed E-state index contributed by atoms with van der Waals surface area (Å²) >= 11 is 3.39. The van der Waals surface area contributed by atoms with E-state index in [9.17, 15) is 5.26 Å². The Hall–Kier alpha value is -1.79. The Morgan fingerprint density at radius 3 is 2.50 bits per heavy atom. The first kappa shape index (κ1) is 14.6. The fraction of sp³-hybridized carbons (Fsp3) is 0.235. The van der Waals surface area contributed by atoms with E-state index in [1.807, 2.05) is 24.3 Å². The first-order valence-electron chi connectivity index (χ1n) is 6.52. The molecule has 2 nitrogen and oxygen atoms in total. The van der Waals surface area contributed by atoms with Gasteiger partial charge < -0.3 is 5.32 Å². The fourth-order valence-electron chi connectivity index (χ4n) is 2.07. The molecule has 0 atom stereocenters. The van der Waals surface area contributed by atoms with E-state index in [0.717, 1.165) is 16.7 Å². The lowest BCUT2D eigenvalue weighted by atomic mass is 9.84. The van der Waals surface area contributed by atoms with Crippen molar-refractivity contribution in [1.82, 2.24) is 0 Å². The Morgan fingerprint density at radius 2 is 1.85 bits per heavy atom. The molecule has 0 heterocycles. The summed E-state index contributed by atoms with van der Waals surface area (Å²) in [6.45, 7) is 5.16. The highest BCUT2D eigenvalue weighted by Gasteiger charge is 2.20. The van der Waals surface area contributed by atoms with Gasteiger partial charge in [-0.1, -0.05) is 60.1 Å². The molecule has 0 unspecified atom stereocenters. The minimum atomic E-state index is 0.00105. The number of rotatable bonds is 4. The van der Waals surface area contributed by atoms with Gasteiger partial charge in [0.2, 0.25) is 0 Å². The number of anilines is 1. The molecule has 3 heteroatoms. The lowest BCUT2D eigenvalue weighted by Crippen LogP contribution is -2.27. The predicted octanol–water partition coefficient (Wildman–Crippen LogP) is 4.71. The second kappa shape index (κ2) is 6.11. The molecule has 102 valence electrons. The van der Waals surface area contributed by atoms with E-state index in [0.29, 0.717) is 5.56 Å². The van der Waals surface area contributed by atoms with Crippen LogP contribution in [0.5, 0.6) is 0 Å². The maximum atomic E-state index is 9.18. The van der Waals surface area contributed by atoms with E-state index >= 15 is 0 Å². The van der Waals surface area contributed by atoms with E-state index < -0.39 is 0 Å². The molecule has 0 fully saturated rings. The highest BCUT2D eigenvalue weighted by Crippen LogP contribution is 2.25. The van der Waals surface area contributed by atoms with Gasteiger partial charge in [0.1, 0.15) is 6.07 Å². The molecule has 0 aliphatic rings. The van der Waals surface area contributed by atoms with Gasteiger partial charge in [-0.25, -0.2) is 0 Å². The summed E-state index contributed by atoms with van der Waals surface area (Å²) in [6.07, 6.45) is 0. The molecule has 0 saturated carbocycles. The summed E-state index contributed by atoms with van der Waals surface area (Å²) < 4.78 is 0.918. The zero-order valence-electron chi connectivity index (χ0n) is 11.7. The van der Waals surface area contributed by atoms with Crippen molar-refractivity contribution in [3.8, 4) is 6.07 Å². The van der Waals surface area contributed by atoms with E-state index in [-0.39, 0.29) is 5.41 Å². The van der Waals surface area contributed by atoms with E-state index in [4.69, 9.17) is 0 Å². The second-order valence-corrected chi connectivity index (χ2v) is 6.32. The Bertz CT molecular complexity index is 627. The Kier molecular flexibility index (Phi) is 4.46. The molecule has 2 aromatic rings. The molecule has 2 aromatic carbocycles. The van der Waals surface area contributed by atoms with Crippen molar-refractivity contribution >= 4 is 21.6 Å². The van der Waals surface area contributed by atoms with Gasteiger partial charge >= 0.3 is 0 Å². The van der Waals surface area contributed by atoms with Crippen LogP contribution in [0.3, 0.4) is 0 Å². The number of nitrogens with zero attached hydrogens (tertiary/aromatic N) is 1. The van der Waals surface area contributed by atoms with Crippen molar-refractivity contribution in [3.63, 3.8) is 0 Å². The van der Waals surface area contributed by atoms with E-state index in [1.54, 1.807) is 0 Å². The van der Waals surface area contributed by atoms with Crippen molar-refractivity contribution < 1.29 is 0 Å². The maximum absolute atomic E-state index is 9.18. The summed E-state index contributed by atoms with van der Waals surface area (Å²) in [5.41, 5.74) is 2.81. The van der Waals surface area contributed by atoms with Crippen LogP contribution in [-0.2, 0) is 5.41 Å². The molecule has 2 rings (SSSR count). The predicted molar refractivity (Wildman–Crippen MR) is 86.8 cm³/mol. The summed E-state index contributed by atoms with van der Waals surface area (Å²) in [6, 6.07) is 18.3. The van der Waals surface area contributed by atoms with Gasteiger partial charge in [0.25, 0.3) is 0 Å². The van der Waals surface area contributed by atoms with Gasteiger partial charge in [-0.2, -0.15) is 5.26 Å². The molecular weight excluding hydrogens is 312 g/mol. The molecule has 0 saturated heterocycles. The van der Waals surface area contributed by atoms with E-state index in [2.05, 4.69) is 65.4 Å². The lowest BCUT2D eigenvalue weighted by molar-refractivity contribution is 0.557. The molecule has 0 amide bonds. The summed E-state index contributed by atoms with van der Waals surface area (Å²) in [5.74, 6) is 0. The van der Waals surface area contributed by atoms with Crippen LogP contribution in [-0.4, -0.2) is 6.54 Å². The molecule has 0 spiro atoms. The minimum absolute atomic E-state index is 0.00105. The quantitative estimate of drug-likeness (QED) is 0.882. The van der Waals surface area contributed by atoms with Crippen LogP contribution >= 0.6 is 15.9 Å². The van der Waals surface area contributed by atoms with Gasteiger partial charge in [-0.3, -0.25) is 0 Å². The first-order valence-corrected chi connectivity index (χ1v) is 7.31. The first-order chi connectivity index (χ1) is 9.53. The third-order valence-electron chi connectivity index (χ3n) is 3.38. The number of halogens is 1. The van der Waals surface area contributed by atoms with Crippen molar-refractivity contribution in [2.24, 2.45) is 0 Å². The van der Waals surface area contributed by atoms with Gasteiger partial charge in [0, 0.05) is 16.4 Å². The number of benzene rings is 2. The molecule has 20 heavy (non-hydrogen) atoms. The molecule has 0 bridgehead atoms. The number of nitriles is 1. The van der Waals surface area contributed by atoms with Crippen LogP contribution in [0.1, 0.15) is 25.0 Å². The monoisotopic (exact) mass is 328 g/mol. The van der Waals surface area contributed by atoms with Crippen LogP contribution in [0.15, 0.2) is 53.0 Å². The largest absolute Gasteiger partial charge is 0.383 e. The van der Waals surface area contributed by atoms with Gasteiger partial charge in [0.05, 0.1) is 11.3 Å². The highest BCUT2D eigenvalue weighted by atomic mass is 79.9. The fourth-order valence-corrected chi connectivity index (χ4v) is 2.43. The van der Waals surface area contributed by atoms with Crippen molar-refractivity contribution in [3.05, 3.63) is 64.1 Å². The normalized spacial score (nSPS) is 10.9. The Balaban J connectivity index is 2.15. The second-order valence-electron chi connectivity index (χ2n) is 5.41. The zero-order chi connectivity index (χ0) is 14.6. The van der Waals surface area contributed by atoms with Crippen LogP contribution in [0.4, 0.5) is 5.69 Å². The van der Waals surface area contributed by atoms with Crippen molar-refractivity contribution in [2.45, 2.75) is 19.3 Å². The van der Waals surface area contributed by atoms with Crippen LogP contribution in [0, 0.1) is 11.3 Å². The summed E-state index contributed by atoms with van der Waals surface area (Å²) in [5, 5.41) is 12.6. The smallest absolute Gasteiger partial charge is 0.101 e. The molecule has 0 aliphatic heterocycles. The standard InChI is InChI=1S/C17H17BrN2/c1-17(2,14-6-4-3-5-7-14)12-20-16-9-8-15(18)10-13(16)11-19/h3-10,20H,12H2,1-2H3. The molecule has 1 N–H and O–H groups in total. The van der Waals surface area contributed by atoms with Crippen LogP contribution < -0.4 is 5.32 Å². The third kappa shape index (κ3) is 3.40. The molecule has 0 aliphatic carbocycles. The lowest BCUT2D eigenvalue weighted by Gasteiger charge is -2.26. The zero-order valence-corrected chi connectivity index (χ0v) is 13.2. The number of hydrogen-bond donors (Lipinski definition) is 1. The topological polar surface area (TPSA) is 35.8 Å². The van der Waals surface area contributed by atoms with Crippen LogP contribution in [0.25, 0.3) is 0 Å². The van der Waals surface area contributed by atoms with Gasteiger partial charge in [-0.15, -0.1) is 0 Å². The summed E-state index contributed by atoms with van der Waals surface area (Å²) in [7, 11) is 0. The third-order valence-corrected chi connectivity index (χ3v) is 3.87. The number of hydrogen-bond acceptors (Lipinski definition) is 2. The minimum Gasteiger partial charge on any atom is -0.383 e. The van der Waals surface area contributed by atoms with Gasteiger partial charge in [-0.05, 0) is 23.8 Å². The average Bonchev–Trinajstić information content (AvgIpc) is 2.46. The van der Waals surface area contributed by atoms with Crippen molar-refractivity contribution in [1.29, 1.82) is 5.26 Å². The average molecular weight is 329 g/mol. The van der Waals surface area contributed by atoms with E-state index in [1.165, 1.54) is 5.56 Å². The molecular formula is C17H17BrN2. The van der Waals surface area contributed by atoms with Crippen LogP contribution in [0.2, 0.25) is 0 Å². The van der Waals surface area contributed by atoms with Crippen molar-refractivity contribution in [2.75, 3.05) is 11.9 Å². The summed E-state index contributed by atoms with van der Waals surface area (Å²) in [4.78, 5) is 0.